The molecule has 0 fully saturated rings. The minimum atomic E-state index is -0.0301. The molecular formula is C50H31BO2. The second kappa shape index (κ2) is 11.9. The zero-order valence-electron chi connectivity index (χ0n) is 28.8. The van der Waals surface area contributed by atoms with E-state index in [1.165, 1.54) is 43.8 Å². The fourth-order valence-corrected chi connectivity index (χ4v) is 8.75. The van der Waals surface area contributed by atoms with Gasteiger partial charge >= 0.3 is 0 Å². The summed E-state index contributed by atoms with van der Waals surface area (Å²) in [5, 5.41) is 4.93. The molecule has 0 saturated heterocycles. The van der Waals surface area contributed by atoms with E-state index in [0.717, 1.165) is 61.6 Å². The topological polar surface area (TPSA) is 18.5 Å². The first kappa shape index (κ1) is 29.9. The average molecular weight is 675 g/mol. The van der Waals surface area contributed by atoms with Crippen LogP contribution in [-0.4, -0.2) is 6.71 Å². The lowest BCUT2D eigenvalue weighted by Crippen LogP contribution is -2.57. The van der Waals surface area contributed by atoms with Crippen LogP contribution < -0.4 is 25.9 Å². The van der Waals surface area contributed by atoms with E-state index >= 15 is 0 Å². The summed E-state index contributed by atoms with van der Waals surface area (Å²) in [5.74, 6) is 3.45. The van der Waals surface area contributed by atoms with Crippen molar-refractivity contribution in [1.82, 2.24) is 0 Å². The van der Waals surface area contributed by atoms with Crippen molar-refractivity contribution in [2.45, 2.75) is 0 Å². The molecule has 9 aromatic rings. The molecule has 53 heavy (non-hydrogen) atoms. The molecule has 0 bridgehead atoms. The van der Waals surface area contributed by atoms with E-state index in [4.69, 9.17) is 9.47 Å². The van der Waals surface area contributed by atoms with Crippen molar-refractivity contribution in [3.63, 3.8) is 0 Å². The van der Waals surface area contributed by atoms with E-state index in [0.29, 0.717) is 0 Å². The number of ether oxygens (including phenoxy) is 2. The van der Waals surface area contributed by atoms with Gasteiger partial charge in [0.1, 0.15) is 23.0 Å². The van der Waals surface area contributed by atoms with Crippen molar-refractivity contribution in [1.29, 1.82) is 0 Å². The second-order valence-corrected chi connectivity index (χ2v) is 13.9. The Hall–Kier alpha value is -6.84. The van der Waals surface area contributed by atoms with Crippen LogP contribution in [0.5, 0.6) is 23.0 Å². The van der Waals surface area contributed by atoms with E-state index in [1.54, 1.807) is 0 Å². The van der Waals surface area contributed by atoms with Crippen molar-refractivity contribution in [2.75, 3.05) is 0 Å². The van der Waals surface area contributed by atoms with Crippen LogP contribution in [-0.2, 0) is 0 Å². The molecule has 11 rings (SSSR count). The molecule has 2 aliphatic heterocycles. The maximum Gasteiger partial charge on any atom is 0.260 e. The Morgan fingerprint density at radius 1 is 0.321 bits per heavy atom. The fraction of sp³-hybridized carbons (Fsp3) is 0. The van der Waals surface area contributed by atoms with Crippen LogP contribution in [0.15, 0.2) is 188 Å². The maximum absolute atomic E-state index is 7.15. The van der Waals surface area contributed by atoms with Gasteiger partial charge in [0.25, 0.3) is 6.71 Å². The predicted molar refractivity (Wildman–Crippen MR) is 221 cm³/mol. The summed E-state index contributed by atoms with van der Waals surface area (Å²) in [7, 11) is 0. The molecule has 0 saturated carbocycles. The highest BCUT2D eigenvalue weighted by atomic mass is 16.5. The van der Waals surface area contributed by atoms with E-state index < -0.39 is 0 Å². The normalized spacial score (nSPS) is 12.4. The first-order valence-corrected chi connectivity index (χ1v) is 18.2. The van der Waals surface area contributed by atoms with Gasteiger partial charge in [-0.15, -0.1) is 0 Å². The highest BCUT2D eigenvalue weighted by Gasteiger charge is 2.41. The standard InChI is InChI=1S/C50H31BO2/c1-3-16-32(17-4-1)34-30-45-49-46(31-34)53-50-41(26-15-28-43(50)51(49)42-27-13-14-29-44(42)52-45)35-20-7-8-21-36(35)48-39-24-11-9-22-37(39)47(33-18-5-2-6-19-33)38-23-10-12-25-40(38)48/h1-31H. The Morgan fingerprint density at radius 2 is 0.830 bits per heavy atom. The quantitative estimate of drug-likeness (QED) is 0.137. The van der Waals surface area contributed by atoms with Crippen molar-refractivity contribution in [2.24, 2.45) is 0 Å². The van der Waals surface area contributed by atoms with Crippen LogP contribution in [0.3, 0.4) is 0 Å². The Balaban J connectivity index is 1.17. The highest BCUT2D eigenvalue weighted by molar-refractivity contribution is 6.98. The first-order chi connectivity index (χ1) is 26.3. The molecule has 0 unspecified atom stereocenters. The van der Waals surface area contributed by atoms with Crippen LogP contribution in [0.4, 0.5) is 0 Å². The molecule has 2 aliphatic rings. The van der Waals surface area contributed by atoms with Crippen molar-refractivity contribution < 1.29 is 9.47 Å². The molecule has 2 heterocycles. The van der Waals surface area contributed by atoms with Gasteiger partial charge in [-0.05, 0) is 89.6 Å². The summed E-state index contributed by atoms with van der Waals surface area (Å²) in [6.45, 7) is -0.0301. The smallest absolute Gasteiger partial charge is 0.260 e. The molecule has 0 radical (unpaired) electrons. The van der Waals surface area contributed by atoms with Crippen LogP contribution >= 0.6 is 0 Å². The van der Waals surface area contributed by atoms with Crippen LogP contribution in [0.1, 0.15) is 0 Å². The summed E-state index contributed by atoms with van der Waals surface area (Å²) in [5.41, 5.74) is 12.6. The number of para-hydroxylation sites is 2. The zero-order chi connectivity index (χ0) is 34.9. The summed E-state index contributed by atoms with van der Waals surface area (Å²) in [4.78, 5) is 0. The Bertz CT molecular complexity index is 2840. The van der Waals surface area contributed by atoms with Gasteiger partial charge in [-0.2, -0.15) is 0 Å². The molecule has 0 N–H and O–H groups in total. The molecule has 246 valence electrons. The molecule has 9 aromatic carbocycles. The van der Waals surface area contributed by atoms with Gasteiger partial charge in [0.2, 0.25) is 0 Å². The SMILES string of the molecule is c1ccc(-c2cc3c4c(c2)Oc2c(cccc2-c2ccccc2-c2c5ccccc5c(-c5ccccc5)c5ccccc25)B4c2ccccc2O3)cc1. The minimum absolute atomic E-state index is 0.0301. The van der Waals surface area contributed by atoms with E-state index in [9.17, 15) is 0 Å². The third-order valence-corrected chi connectivity index (χ3v) is 11.0. The van der Waals surface area contributed by atoms with Crippen molar-refractivity contribution in [3.8, 4) is 67.5 Å². The third kappa shape index (κ3) is 4.61. The van der Waals surface area contributed by atoms with E-state index in [2.05, 4.69) is 182 Å². The molecule has 0 amide bonds. The lowest BCUT2D eigenvalue weighted by atomic mass is 9.34. The Labute approximate surface area is 308 Å². The molecular weight excluding hydrogens is 643 g/mol. The van der Waals surface area contributed by atoms with Crippen LogP contribution in [0.25, 0.3) is 66.1 Å². The number of hydrogen-bond acceptors (Lipinski definition) is 2. The minimum Gasteiger partial charge on any atom is -0.458 e. The van der Waals surface area contributed by atoms with E-state index in [1.807, 2.05) is 6.07 Å². The third-order valence-electron chi connectivity index (χ3n) is 11.0. The largest absolute Gasteiger partial charge is 0.458 e. The summed E-state index contributed by atoms with van der Waals surface area (Å²) in [6, 6.07) is 67.2. The number of rotatable bonds is 4. The molecule has 0 aromatic heterocycles. The summed E-state index contributed by atoms with van der Waals surface area (Å²) < 4.78 is 13.8. The number of benzene rings is 9. The first-order valence-electron chi connectivity index (χ1n) is 18.2. The molecule has 0 atom stereocenters. The van der Waals surface area contributed by atoms with Gasteiger partial charge in [0, 0.05) is 11.0 Å². The number of hydrogen-bond donors (Lipinski definition) is 0. The summed E-state index contributed by atoms with van der Waals surface area (Å²) in [6.07, 6.45) is 0. The molecule has 0 aliphatic carbocycles. The Morgan fingerprint density at radius 3 is 1.53 bits per heavy atom. The lowest BCUT2D eigenvalue weighted by molar-refractivity contribution is 0.466. The molecule has 3 heteroatoms. The highest BCUT2D eigenvalue weighted by Crippen LogP contribution is 2.48. The monoisotopic (exact) mass is 674 g/mol. The van der Waals surface area contributed by atoms with Gasteiger partial charge in [-0.1, -0.05) is 170 Å². The van der Waals surface area contributed by atoms with Crippen molar-refractivity contribution >= 4 is 44.6 Å². The van der Waals surface area contributed by atoms with Crippen molar-refractivity contribution in [3.05, 3.63) is 188 Å². The lowest BCUT2D eigenvalue weighted by Gasteiger charge is -2.34. The van der Waals surface area contributed by atoms with E-state index in [-0.39, 0.29) is 6.71 Å². The summed E-state index contributed by atoms with van der Waals surface area (Å²) >= 11 is 0. The maximum atomic E-state index is 7.15. The van der Waals surface area contributed by atoms with Crippen LogP contribution in [0.2, 0.25) is 0 Å². The van der Waals surface area contributed by atoms with Gasteiger partial charge in [0.05, 0.1) is 0 Å². The Kier molecular flexibility index (Phi) is 6.68. The van der Waals surface area contributed by atoms with Gasteiger partial charge in [0.15, 0.2) is 0 Å². The predicted octanol–water partition coefficient (Wildman–Crippen LogP) is 11.4. The van der Waals surface area contributed by atoms with Crippen LogP contribution in [0, 0.1) is 0 Å². The van der Waals surface area contributed by atoms with Gasteiger partial charge in [-0.3, -0.25) is 0 Å². The number of fused-ring (bicyclic) bond motifs is 6. The van der Waals surface area contributed by atoms with Gasteiger partial charge < -0.3 is 9.47 Å². The second-order valence-electron chi connectivity index (χ2n) is 13.9. The molecule has 2 nitrogen and oxygen atoms in total. The molecule has 0 spiro atoms. The zero-order valence-corrected chi connectivity index (χ0v) is 28.8. The fourth-order valence-electron chi connectivity index (χ4n) is 8.75. The average Bonchev–Trinajstić information content (AvgIpc) is 3.23. The van der Waals surface area contributed by atoms with Gasteiger partial charge in [-0.25, -0.2) is 0 Å².